The van der Waals surface area contributed by atoms with Crippen LogP contribution in [0.5, 0.6) is 0 Å². The van der Waals surface area contributed by atoms with Gasteiger partial charge >= 0.3 is 0 Å². The smallest absolute Gasteiger partial charge is 0.240 e. The molecule has 0 aromatic heterocycles. The summed E-state index contributed by atoms with van der Waals surface area (Å²) in [6.07, 6.45) is 7.54. The van der Waals surface area contributed by atoms with Gasteiger partial charge in [-0.25, -0.2) is 0 Å². The van der Waals surface area contributed by atoms with Gasteiger partial charge in [-0.15, -0.1) is 0 Å². The summed E-state index contributed by atoms with van der Waals surface area (Å²) in [6, 6.07) is 0.550. The standard InChI is InChI=1S/C12H22N2O/c1-3-6-11-13-9(2)12(15)14(11)10-7-4-5-8-10/h9-11,13H,3-8H2,1-2H3. The second-order valence-corrected chi connectivity index (χ2v) is 4.88. The van der Waals surface area contributed by atoms with Crippen molar-refractivity contribution in [3.8, 4) is 0 Å². The zero-order valence-electron chi connectivity index (χ0n) is 9.83. The minimum atomic E-state index is 0.0298. The van der Waals surface area contributed by atoms with E-state index in [0.717, 1.165) is 12.8 Å². The van der Waals surface area contributed by atoms with Gasteiger partial charge in [-0.3, -0.25) is 10.1 Å². The minimum absolute atomic E-state index is 0.0298. The van der Waals surface area contributed by atoms with E-state index in [9.17, 15) is 4.79 Å². The molecule has 2 atom stereocenters. The van der Waals surface area contributed by atoms with Crippen molar-refractivity contribution in [1.82, 2.24) is 10.2 Å². The maximum absolute atomic E-state index is 12.0. The largest absolute Gasteiger partial charge is 0.323 e. The first-order valence-corrected chi connectivity index (χ1v) is 6.32. The van der Waals surface area contributed by atoms with Crippen molar-refractivity contribution >= 4 is 5.91 Å². The molecule has 0 spiro atoms. The average molecular weight is 210 g/mol. The Labute approximate surface area is 92.2 Å². The van der Waals surface area contributed by atoms with E-state index in [4.69, 9.17) is 0 Å². The molecule has 3 heteroatoms. The summed E-state index contributed by atoms with van der Waals surface area (Å²) in [6.45, 7) is 4.17. The molecule has 1 N–H and O–H groups in total. The summed E-state index contributed by atoms with van der Waals surface area (Å²) < 4.78 is 0. The van der Waals surface area contributed by atoms with Gasteiger partial charge in [0.15, 0.2) is 0 Å². The number of hydrogen-bond acceptors (Lipinski definition) is 2. The summed E-state index contributed by atoms with van der Waals surface area (Å²) in [7, 11) is 0. The lowest BCUT2D eigenvalue weighted by atomic mass is 10.1. The third kappa shape index (κ3) is 2.03. The zero-order valence-corrected chi connectivity index (χ0v) is 9.83. The van der Waals surface area contributed by atoms with Crippen LogP contribution in [-0.2, 0) is 4.79 Å². The maximum Gasteiger partial charge on any atom is 0.240 e. The van der Waals surface area contributed by atoms with Crippen LogP contribution in [0.25, 0.3) is 0 Å². The van der Waals surface area contributed by atoms with Crippen LogP contribution in [-0.4, -0.2) is 29.1 Å². The highest BCUT2D eigenvalue weighted by Gasteiger charge is 2.40. The van der Waals surface area contributed by atoms with Crippen molar-refractivity contribution in [3.05, 3.63) is 0 Å². The number of nitrogens with one attached hydrogen (secondary N) is 1. The third-order valence-corrected chi connectivity index (χ3v) is 3.68. The number of rotatable bonds is 3. The lowest BCUT2D eigenvalue weighted by Gasteiger charge is -2.30. The predicted octanol–water partition coefficient (Wildman–Crippen LogP) is 1.88. The van der Waals surface area contributed by atoms with Gasteiger partial charge in [0.25, 0.3) is 0 Å². The van der Waals surface area contributed by atoms with Crippen LogP contribution >= 0.6 is 0 Å². The van der Waals surface area contributed by atoms with E-state index in [1.54, 1.807) is 0 Å². The summed E-state index contributed by atoms with van der Waals surface area (Å²) >= 11 is 0. The molecule has 1 heterocycles. The Morgan fingerprint density at radius 3 is 2.67 bits per heavy atom. The van der Waals surface area contributed by atoms with Crippen molar-refractivity contribution in [3.63, 3.8) is 0 Å². The number of nitrogens with zero attached hydrogens (tertiary/aromatic N) is 1. The van der Waals surface area contributed by atoms with Crippen molar-refractivity contribution in [1.29, 1.82) is 0 Å². The van der Waals surface area contributed by atoms with E-state index >= 15 is 0 Å². The molecule has 2 aliphatic rings. The minimum Gasteiger partial charge on any atom is -0.323 e. The van der Waals surface area contributed by atoms with Crippen LogP contribution in [0.3, 0.4) is 0 Å². The van der Waals surface area contributed by atoms with Gasteiger partial charge in [0.1, 0.15) is 0 Å². The molecular weight excluding hydrogens is 188 g/mol. The van der Waals surface area contributed by atoms with Crippen LogP contribution in [0.1, 0.15) is 52.4 Å². The van der Waals surface area contributed by atoms with E-state index in [1.165, 1.54) is 25.7 Å². The molecule has 0 aromatic carbocycles. The normalized spacial score (nSPS) is 32.9. The van der Waals surface area contributed by atoms with Gasteiger partial charge in [-0.05, 0) is 26.2 Å². The average Bonchev–Trinajstić information content (AvgIpc) is 2.78. The molecule has 2 unspecified atom stereocenters. The van der Waals surface area contributed by atoms with Crippen LogP contribution in [0, 0.1) is 0 Å². The van der Waals surface area contributed by atoms with Crippen LogP contribution in [0.4, 0.5) is 0 Å². The highest BCUT2D eigenvalue weighted by atomic mass is 16.2. The molecule has 1 aliphatic heterocycles. The Hall–Kier alpha value is -0.570. The van der Waals surface area contributed by atoms with E-state index in [-0.39, 0.29) is 6.04 Å². The fourth-order valence-electron chi connectivity index (χ4n) is 2.93. The Balaban J connectivity index is 2.06. The lowest BCUT2D eigenvalue weighted by molar-refractivity contribution is -0.132. The van der Waals surface area contributed by atoms with E-state index in [0.29, 0.717) is 18.1 Å². The van der Waals surface area contributed by atoms with E-state index in [2.05, 4.69) is 17.1 Å². The van der Waals surface area contributed by atoms with Crippen molar-refractivity contribution < 1.29 is 4.79 Å². The first-order chi connectivity index (χ1) is 7.24. The summed E-state index contributed by atoms with van der Waals surface area (Å²) in [5, 5.41) is 3.41. The Kier molecular flexibility index (Phi) is 3.29. The van der Waals surface area contributed by atoms with Crippen LogP contribution in [0.15, 0.2) is 0 Å². The van der Waals surface area contributed by atoms with Crippen molar-refractivity contribution in [2.45, 2.75) is 70.6 Å². The fraction of sp³-hybridized carbons (Fsp3) is 0.917. The molecule has 0 aromatic rings. The van der Waals surface area contributed by atoms with Gasteiger partial charge in [-0.2, -0.15) is 0 Å². The van der Waals surface area contributed by atoms with E-state index in [1.807, 2.05) is 6.92 Å². The number of amides is 1. The van der Waals surface area contributed by atoms with Crippen molar-refractivity contribution in [2.75, 3.05) is 0 Å². The molecule has 15 heavy (non-hydrogen) atoms. The van der Waals surface area contributed by atoms with Gasteiger partial charge in [-0.1, -0.05) is 26.2 Å². The summed E-state index contributed by atoms with van der Waals surface area (Å²) in [4.78, 5) is 14.2. The fourth-order valence-corrected chi connectivity index (χ4v) is 2.93. The SMILES string of the molecule is CCCC1NC(C)C(=O)N1C1CCCC1. The molecule has 1 saturated carbocycles. The molecule has 0 bridgehead atoms. The van der Waals surface area contributed by atoms with Crippen LogP contribution < -0.4 is 5.32 Å². The zero-order chi connectivity index (χ0) is 10.8. The summed E-state index contributed by atoms with van der Waals surface area (Å²) in [5.74, 6) is 0.320. The molecule has 1 saturated heterocycles. The van der Waals surface area contributed by atoms with Gasteiger partial charge < -0.3 is 4.90 Å². The van der Waals surface area contributed by atoms with Crippen LogP contribution in [0.2, 0.25) is 0 Å². The highest BCUT2D eigenvalue weighted by Crippen LogP contribution is 2.28. The first kappa shape index (κ1) is 10.9. The monoisotopic (exact) mass is 210 g/mol. The van der Waals surface area contributed by atoms with Gasteiger partial charge in [0.2, 0.25) is 5.91 Å². The molecule has 1 amide bonds. The molecule has 0 radical (unpaired) electrons. The third-order valence-electron chi connectivity index (χ3n) is 3.68. The molecule has 2 rings (SSSR count). The highest BCUT2D eigenvalue weighted by molar-refractivity contribution is 5.84. The Bertz CT molecular complexity index is 236. The summed E-state index contributed by atoms with van der Waals surface area (Å²) in [5.41, 5.74) is 0. The number of carbonyl (C=O) groups excluding carboxylic acids is 1. The predicted molar refractivity (Wildman–Crippen MR) is 60.4 cm³/mol. The topological polar surface area (TPSA) is 32.3 Å². The van der Waals surface area contributed by atoms with Gasteiger partial charge in [0.05, 0.1) is 12.2 Å². The lowest BCUT2D eigenvalue weighted by Crippen LogP contribution is -2.43. The Morgan fingerprint density at radius 1 is 1.40 bits per heavy atom. The van der Waals surface area contributed by atoms with Gasteiger partial charge in [0, 0.05) is 6.04 Å². The van der Waals surface area contributed by atoms with Crippen molar-refractivity contribution in [2.24, 2.45) is 0 Å². The maximum atomic E-state index is 12.0. The molecular formula is C12H22N2O. The second kappa shape index (κ2) is 4.52. The quantitative estimate of drug-likeness (QED) is 0.771. The second-order valence-electron chi connectivity index (χ2n) is 4.88. The van der Waals surface area contributed by atoms with E-state index < -0.39 is 0 Å². The molecule has 86 valence electrons. The molecule has 2 fully saturated rings. The Morgan fingerprint density at radius 2 is 2.07 bits per heavy atom. The number of hydrogen-bond donors (Lipinski definition) is 1. The molecule has 1 aliphatic carbocycles. The number of carbonyl (C=O) groups is 1. The first-order valence-electron chi connectivity index (χ1n) is 6.32. The molecule has 3 nitrogen and oxygen atoms in total.